The highest BCUT2D eigenvalue weighted by atomic mass is 16.3. The summed E-state index contributed by atoms with van der Waals surface area (Å²) in [4.78, 5) is 0. The van der Waals surface area contributed by atoms with E-state index in [-0.39, 0.29) is 0 Å². The van der Waals surface area contributed by atoms with Crippen LogP contribution >= 0.6 is 0 Å². The molecule has 27 heavy (non-hydrogen) atoms. The first-order valence-electron chi connectivity index (χ1n) is 9.29. The van der Waals surface area contributed by atoms with Gasteiger partial charge in [-0.05, 0) is 33.0 Å². The minimum absolute atomic E-state index is 0.986. The quantitative estimate of drug-likeness (QED) is 0.258. The van der Waals surface area contributed by atoms with Gasteiger partial charge in [-0.3, -0.25) is 0 Å². The Morgan fingerprint density at radius 3 is 1.81 bits per heavy atom. The van der Waals surface area contributed by atoms with Gasteiger partial charge in [-0.25, -0.2) is 0 Å². The zero-order valence-corrected chi connectivity index (χ0v) is 14.5. The molecule has 0 amide bonds. The summed E-state index contributed by atoms with van der Waals surface area (Å²) in [6.45, 7) is 0. The number of furan rings is 1. The molecule has 6 aromatic carbocycles. The Labute approximate surface area is 154 Å². The molecule has 0 bridgehead atoms. The molecule has 0 aliphatic carbocycles. The maximum absolute atomic E-state index is 6.58. The van der Waals surface area contributed by atoms with Gasteiger partial charge in [-0.2, -0.15) is 0 Å². The lowest BCUT2D eigenvalue weighted by molar-refractivity contribution is 0.676. The predicted octanol–water partition coefficient (Wildman–Crippen LogP) is 7.64. The molecule has 1 aromatic heterocycles. The van der Waals surface area contributed by atoms with Crippen LogP contribution in [-0.4, -0.2) is 0 Å². The van der Waals surface area contributed by atoms with Gasteiger partial charge in [0.15, 0.2) is 0 Å². The first kappa shape index (κ1) is 13.6. The van der Waals surface area contributed by atoms with Gasteiger partial charge in [-0.15, -0.1) is 0 Å². The number of benzene rings is 6. The Bertz CT molecular complexity index is 1670. The van der Waals surface area contributed by atoms with Crippen LogP contribution in [0.5, 0.6) is 0 Å². The van der Waals surface area contributed by atoms with E-state index in [0.29, 0.717) is 0 Å². The molecule has 0 spiro atoms. The van der Waals surface area contributed by atoms with Crippen molar-refractivity contribution in [3.05, 3.63) is 84.9 Å². The van der Waals surface area contributed by atoms with Crippen molar-refractivity contribution in [2.75, 3.05) is 0 Å². The van der Waals surface area contributed by atoms with Gasteiger partial charge in [0.25, 0.3) is 0 Å². The zero-order chi connectivity index (χ0) is 17.5. The van der Waals surface area contributed by atoms with Crippen LogP contribution in [0.3, 0.4) is 0 Å². The second-order valence-electron chi connectivity index (χ2n) is 7.34. The average Bonchev–Trinajstić information content (AvgIpc) is 3.13. The molecule has 7 aromatic rings. The molecule has 1 nitrogen and oxygen atoms in total. The van der Waals surface area contributed by atoms with E-state index in [4.69, 9.17) is 4.42 Å². The van der Waals surface area contributed by atoms with E-state index >= 15 is 0 Å². The predicted molar refractivity (Wildman–Crippen MR) is 115 cm³/mol. The summed E-state index contributed by atoms with van der Waals surface area (Å²) in [5.41, 5.74) is 1.98. The number of hydrogen-bond donors (Lipinski definition) is 0. The molecular formula is C26H14O. The Balaban J connectivity index is 1.91. The van der Waals surface area contributed by atoms with Crippen LogP contribution in [0.25, 0.3) is 65.0 Å². The summed E-state index contributed by atoms with van der Waals surface area (Å²) in [5.74, 6) is 0. The third-order valence-electron chi connectivity index (χ3n) is 5.98. The Morgan fingerprint density at radius 2 is 0.963 bits per heavy atom. The summed E-state index contributed by atoms with van der Waals surface area (Å²) < 4.78 is 6.58. The SMILES string of the molecule is c1ccc2c(c1)ccc1c2oc2c3cccc4ccc5cccc(c12)c5c43. The lowest BCUT2D eigenvalue weighted by atomic mass is 9.91. The second-order valence-corrected chi connectivity index (χ2v) is 7.34. The van der Waals surface area contributed by atoms with Crippen LogP contribution in [0.2, 0.25) is 0 Å². The van der Waals surface area contributed by atoms with Gasteiger partial charge in [0.2, 0.25) is 0 Å². The van der Waals surface area contributed by atoms with Crippen LogP contribution in [0, 0.1) is 0 Å². The highest BCUT2D eigenvalue weighted by Gasteiger charge is 2.19. The normalized spacial score (nSPS) is 12.4. The van der Waals surface area contributed by atoms with Crippen molar-refractivity contribution >= 4 is 65.0 Å². The smallest absolute Gasteiger partial charge is 0.143 e. The average molecular weight is 342 g/mol. The summed E-state index contributed by atoms with van der Waals surface area (Å²) in [5, 5.41) is 12.5. The fraction of sp³-hybridized carbons (Fsp3) is 0. The molecule has 0 N–H and O–H groups in total. The lowest BCUT2D eigenvalue weighted by Gasteiger charge is -2.11. The third-order valence-corrected chi connectivity index (χ3v) is 5.98. The highest BCUT2D eigenvalue weighted by molar-refractivity contribution is 6.37. The van der Waals surface area contributed by atoms with E-state index in [1.807, 2.05) is 0 Å². The molecule has 0 atom stereocenters. The summed E-state index contributed by atoms with van der Waals surface area (Å²) in [6.07, 6.45) is 0. The van der Waals surface area contributed by atoms with E-state index in [9.17, 15) is 0 Å². The Kier molecular flexibility index (Phi) is 2.30. The minimum Gasteiger partial charge on any atom is -0.455 e. The van der Waals surface area contributed by atoms with Crippen LogP contribution in [0.1, 0.15) is 0 Å². The number of fused-ring (bicyclic) bond motifs is 7. The lowest BCUT2D eigenvalue weighted by Crippen LogP contribution is -1.84. The number of rotatable bonds is 0. The van der Waals surface area contributed by atoms with Crippen molar-refractivity contribution in [1.29, 1.82) is 0 Å². The fourth-order valence-corrected chi connectivity index (χ4v) is 4.84. The number of hydrogen-bond acceptors (Lipinski definition) is 1. The van der Waals surface area contributed by atoms with Crippen LogP contribution in [0.15, 0.2) is 89.3 Å². The molecule has 0 radical (unpaired) electrons. The van der Waals surface area contributed by atoms with E-state index in [0.717, 1.165) is 11.2 Å². The van der Waals surface area contributed by atoms with Crippen LogP contribution < -0.4 is 0 Å². The highest BCUT2D eigenvalue weighted by Crippen LogP contribution is 2.45. The van der Waals surface area contributed by atoms with E-state index < -0.39 is 0 Å². The second kappa shape index (κ2) is 4.57. The van der Waals surface area contributed by atoms with Gasteiger partial charge < -0.3 is 4.42 Å². The molecule has 0 saturated heterocycles. The van der Waals surface area contributed by atoms with Gasteiger partial charge in [-0.1, -0.05) is 78.9 Å². The van der Waals surface area contributed by atoms with Gasteiger partial charge in [0, 0.05) is 26.9 Å². The molecule has 0 fully saturated rings. The van der Waals surface area contributed by atoms with E-state index in [1.165, 1.54) is 53.9 Å². The zero-order valence-electron chi connectivity index (χ0n) is 14.5. The van der Waals surface area contributed by atoms with Crippen molar-refractivity contribution in [1.82, 2.24) is 0 Å². The minimum atomic E-state index is 0.986. The fourth-order valence-electron chi connectivity index (χ4n) is 4.84. The van der Waals surface area contributed by atoms with Gasteiger partial charge in [0.05, 0.1) is 0 Å². The van der Waals surface area contributed by atoms with Crippen molar-refractivity contribution in [2.45, 2.75) is 0 Å². The molecule has 0 unspecified atom stereocenters. The summed E-state index contributed by atoms with van der Waals surface area (Å²) in [6, 6.07) is 30.4. The molecule has 0 aliphatic rings. The topological polar surface area (TPSA) is 13.1 Å². The van der Waals surface area contributed by atoms with Crippen LogP contribution in [0.4, 0.5) is 0 Å². The summed E-state index contributed by atoms with van der Waals surface area (Å²) in [7, 11) is 0. The monoisotopic (exact) mass is 342 g/mol. The van der Waals surface area contributed by atoms with E-state index in [2.05, 4.69) is 84.9 Å². The molecule has 1 heteroatoms. The van der Waals surface area contributed by atoms with E-state index in [1.54, 1.807) is 0 Å². The van der Waals surface area contributed by atoms with Gasteiger partial charge >= 0.3 is 0 Å². The maximum atomic E-state index is 6.58. The first-order chi connectivity index (χ1) is 13.4. The Morgan fingerprint density at radius 1 is 0.370 bits per heavy atom. The summed E-state index contributed by atoms with van der Waals surface area (Å²) >= 11 is 0. The molecule has 124 valence electrons. The van der Waals surface area contributed by atoms with Crippen molar-refractivity contribution in [3.63, 3.8) is 0 Å². The molecule has 1 heterocycles. The molecular weight excluding hydrogens is 328 g/mol. The van der Waals surface area contributed by atoms with Gasteiger partial charge in [0.1, 0.15) is 11.2 Å². The Hall–Kier alpha value is -3.58. The van der Waals surface area contributed by atoms with Crippen molar-refractivity contribution < 1.29 is 4.42 Å². The first-order valence-corrected chi connectivity index (χ1v) is 9.29. The largest absolute Gasteiger partial charge is 0.455 e. The third kappa shape index (κ3) is 1.56. The maximum Gasteiger partial charge on any atom is 0.143 e. The van der Waals surface area contributed by atoms with Crippen molar-refractivity contribution in [2.24, 2.45) is 0 Å². The van der Waals surface area contributed by atoms with Crippen LogP contribution in [-0.2, 0) is 0 Å². The molecule has 0 aliphatic heterocycles. The standard InChI is InChI=1S/C26H14O/c1-2-8-18-15(5-1)13-14-21-24-19-9-3-6-16-11-12-17-7-4-10-20(23(17)22(16)19)26(24)27-25(18)21/h1-14H. The molecule has 0 saturated carbocycles. The molecule has 7 rings (SSSR count). The van der Waals surface area contributed by atoms with Crippen molar-refractivity contribution in [3.8, 4) is 0 Å².